The maximum absolute atomic E-state index is 9.00. The van der Waals surface area contributed by atoms with E-state index in [1.165, 1.54) is 0 Å². The molecule has 7 nitrogen and oxygen atoms in total. The van der Waals surface area contributed by atoms with E-state index in [0.29, 0.717) is 16.0 Å². The van der Waals surface area contributed by atoms with Gasteiger partial charge in [0.05, 0.1) is 12.5 Å². The van der Waals surface area contributed by atoms with E-state index in [-0.39, 0.29) is 0 Å². The first-order valence-electron chi connectivity index (χ1n) is 10.3. The van der Waals surface area contributed by atoms with Crippen LogP contribution in [0.3, 0.4) is 0 Å². The Balaban J connectivity index is 0.000000601. The molecule has 0 aliphatic carbocycles. The third-order valence-corrected chi connectivity index (χ3v) is 5.79. The molecule has 0 saturated carbocycles. The predicted molar refractivity (Wildman–Crippen MR) is 130 cm³/mol. The van der Waals surface area contributed by atoms with Crippen LogP contribution < -0.4 is 5.73 Å². The average molecular weight is 485 g/mol. The summed E-state index contributed by atoms with van der Waals surface area (Å²) in [6.45, 7) is 2.63. The Morgan fingerprint density at radius 3 is 2.52 bits per heavy atom. The number of rotatable bonds is 3. The Bertz CT molecular complexity index is 1220. The van der Waals surface area contributed by atoms with Gasteiger partial charge in [0.25, 0.3) is 5.97 Å². The second kappa shape index (κ2) is 9.29. The van der Waals surface area contributed by atoms with Crippen LogP contribution in [0, 0.1) is 0 Å². The fourth-order valence-electron chi connectivity index (χ4n) is 4.09. The third kappa shape index (κ3) is 4.47. The number of carbonyl (C=O) groups is 1. The van der Waals surface area contributed by atoms with E-state index in [1.807, 2.05) is 41.3 Å². The number of benzene rings is 2. The SMILES string of the molecule is CC(=O)O.NC1=NC(c2ccoc2)(c2cccc(-c3cc(Cl)cc(Cl)c3)c2)C2=NCCCN12. The second-order valence-corrected chi connectivity index (χ2v) is 8.53. The lowest BCUT2D eigenvalue weighted by Gasteiger charge is -2.32. The van der Waals surface area contributed by atoms with Crippen LogP contribution in [0.4, 0.5) is 0 Å². The van der Waals surface area contributed by atoms with Crippen LogP contribution in [0.2, 0.25) is 10.0 Å². The second-order valence-electron chi connectivity index (χ2n) is 7.66. The number of carboxylic acid groups (broad SMARTS) is 1. The van der Waals surface area contributed by atoms with E-state index in [4.69, 9.17) is 53.2 Å². The molecule has 33 heavy (non-hydrogen) atoms. The molecule has 0 spiro atoms. The molecule has 0 radical (unpaired) electrons. The fraction of sp³-hybridized carbons (Fsp3) is 0.208. The zero-order valence-electron chi connectivity index (χ0n) is 17.8. The van der Waals surface area contributed by atoms with Crippen LogP contribution in [-0.4, -0.2) is 40.9 Å². The number of hydrogen-bond acceptors (Lipinski definition) is 6. The van der Waals surface area contributed by atoms with E-state index in [9.17, 15) is 0 Å². The van der Waals surface area contributed by atoms with Crippen molar-refractivity contribution in [2.45, 2.75) is 18.9 Å². The van der Waals surface area contributed by atoms with Crippen molar-refractivity contribution in [1.82, 2.24) is 4.90 Å². The van der Waals surface area contributed by atoms with Crippen LogP contribution in [0.1, 0.15) is 24.5 Å². The molecule has 5 rings (SSSR count). The van der Waals surface area contributed by atoms with E-state index in [2.05, 4.69) is 6.07 Å². The van der Waals surface area contributed by atoms with Crippen molar-refractivity contribution in [3.05, 3.63) is 82.2 Å². The van der Waals surface area contributed by atoms with Gasteiger partial charge in [0.15, 0.2) is 11.5 Å². The number of carboxylic acids is 1. The quantitative estimate of drug-likeness (QED) is 0.542. The van der Waals surface area contributed by atoms with Crippen molar-refractivity contribution in [3.8, 4) is 11.1 Å². The van der Waals surface area contributed by atoms with Gasteiger partial charge in [-0.1, -0.05) is 41.4 Å². The first-order chi connectivity index (χ1) is 15.8. The Labute approximate surface area is 201 Å². The zero-order valence-corrected chi connectivity index (χ0v) is 19.3. The Hall–Kier alpha value is -3.29. The summed E-state index contributed by atoms with van der Waals surface area (Å²) in [7, 11) is 0. The number of guanidine groups is 1. The lowest BCUT2D eigenvalue weighted by Crippen LogP contribution is -2.46. The van der Waals surface area contributed by atoms with Crippen LogP contribution in [-0.2, 0) is 10.3 Å². The number of fused-ring (bicyclic) bond motifs is 1. The molecule has 3 heterocycles. The molecular weight excluding hydrogens is 463 g/mol. The number of nitrogens with two attached hydrogens (primary N) is 1. The summed E-state index contributed by atoms with van der Waals surface area (Å²) in [6.07, 6.45) is 4.30. The van der Waals surface area contributed by atoms with Crippen molar-refractivity contribution >= 4 is 41.0 Å². The van der Waals surface area contributed by atoms with E-state index < -0.39 is 11.5 Å². The molecule has 2 aliphatic heterocycles. The summed E-state index contributed by atoms with van der Waals surface area (Å²) >= 11 is 12.4. The van der Waals surface area contributed by atoms with Gasteiger partial charge >= 0.3 is 0 Å². The van der Waals surface area contributed by atoms with Crippen molar-refractivity contribution in [1.29, 1.82) is 0 Å². The van der Waals surface area contributed by atoms with E-state index in [0.717, 1.165) is 54.5 Å². The third-order valence-electron chi connectivity index (χ3n) is 5.35. The highest BCUT2D eigenvalue weighted by Gasteiger charge is 2.49. The highest BCUT2D eigenvalue weighted by molar-refractivity contribution is 6.35. The molecule has 0 fully saturated rings. The number of aliphatic imine (C=N–C) groups is 2. The van der Waals surface area contributed by atoms with Crippen molar-refractivity contribution in [2.75, 3.05) is 13.1 Å². The van der Waals surface area contributed by atoms with Gasteiger partial charge in [0, 0.05) is 35.6 Å². The standard InChI is InChI=1S/C22H18Cl2N4O.C2H4O2/c23-18-10-15(11-19(24)12-18)14-3-1-4-16(9-14)22(17-5-8-29-13-17)20-26-6-2-7-28(20)21(25)27-22;1-2(3)4/h1,3-5,8-13H,2,6-7H2,(H2,25,27);1H3,(H,3,4). The largest absolute Gasteiger partial charge is 0.481 e. The Morgan fingerprint density at radius 1 is 1.12 bits per heavy atom. The van der Waals surface area contributed by atoms with Crippen LogP contribution in [0.5, 0.6) is 0 Å². The number of nitrogens with zero attached hydrogens (tertiary/aromatic N) is 3. The monoisotopic (exact) mass is 484 g/mol. The summed E-state index contributed by atoms with van der Waals surface area (Å²) in [5.41, 5.74) is 9.26. The lowest BCUT2D eigenvalue weighted by atomic mass is 9.82. The maximum atomic E-state index is 9.00. The molecule has 3 N–H and O–H groups in total. The molecule has 1 atom stereocenters. The summed E-state index contributed by atoms with van der Waals surface area (Å²) in [6, 6.07) is 15.6. The fourth-order valence-corrected chi connectivity index (χ4v) is 4.61. The Morgan fingerprint density at radius 2 is 1.85 bits per heavy atom. The van der Waals surface area contributed by atoms with Crippen LogP contribution in [0.15, 0.2) is 75.5 Å². The molecule has 9 heteroatoms. The molecule has 1 unspecified atom stereocenters. The van der Waals surface area contributed by atoms with Gasteiger partial charge in [-0.05, 0) is 53.4 Å². The van der Waals surface area contributed by atoms with E-state index >= 15 is 0 Å². The molecule has 3 aromatic rings. The number of halogens is 2. The molecule has 170 valence electrons. The van der Waals surface area contributed by atoms with E-state index in [1.54, 1.807) is 18.6 Å². The minimum atomic E-state index is -0.837. The minimum absolute atomic E-state index is 0.473. The highest BCUT2D eigenvalue weighted by atomic mass is 35.5. The highest BCUT2D eigenvalue weighted by Crippen LogP contribution is 2.42. The smallest absolute Gasteiger partial charge is 0.300 e. The van der Waals surface area contributed by atoms with Gasteiger partial charge in [-0.3, -0.25) is 14.7 Å². The van der Waals surface area contributed by atoms with Crippen molar-refractivity contribution in [2.24, 2.45) is 15.7 Å². The molecular formula is C24H22Cl2N4O3. The molecule has 0 saturated heterocycles. The average Bonchev–Trinajstić information content (AvgIpc) is 3.41. The van der Waals surface area contributed by atoms with Gasteiger partial charge < -0.3 is 15.3 Å². The minimum Gasteiger partial charge on any atom is -0.481 e. The lowest BCUT2D eigenvalue weighted by molar-refractivity contribution is -0.134. The van der Waals surface area contributed by atoms with Gasteiger partial charge in [-0.2, -0.15) is 0 Å². The molecule has 0 amide bonds. The van der Waals surface area contributed by atoms with Gasteiger partial charge in [-0.25, -0.2) is 4.99 Å². The molecule has 1 aromatic heterocycles. The predicted octanol–water partition coefficient (Wildman–Crippen LogP) is 5.02. The first kappa shape index (κ1) is 22.9. The van der Waals surface area contributed by atoms with Crippen molar-refractivity contribution < 1.29 is 14.3 Å². The Kier molecular flexibility index (Phi) is 6.44. The maximum Gasteiger partial charge on any atom is 0.300 e. The number of amidine groups is 1. The van der Waals surface area contributed by atoms with Gasteiger partial charge in [0.1, 0.15) is 5.84 Å². The normalized spacial score (nSPS) is 19.2. The van der Waals surface area contributed by atoms with Crippen molar-refractivity contribution in [3.63, 3.8) is 0 Å². The summed E-state index contributed by atoms with van der Waals surface area (Å²) < 4.78 is 5.42. The summed E-state index contributed by atoms with van der Waals surface area (Å²) in [4.78, 5) is 20.7. The van der Waals surface area contributed by atoms with Crippen LogP contribution >= 0.6 is 23.2 Å². The molecule has 0 bridgehead atoms. The van der Waals surface area contributed by atoms with Gasteiger partial charge in [0.2, 0.25) is 0 Å². The van der Waals surface area contributed by atoms with Crippen LogP contribution in [0.25, 0.3) is 11.1 Å². The van der Waals surface area contributed by atoms with Gasteiger partial charge in [-0.15, -0.1) is 0 Å². The zero-order chi connectivity index (χ0) is 23.6. The first-order valence-corrected chi connectivity index (χ1v) is 11.0. The topological polar surface area (TPSA) is 104 Å². The number of furan rings is 1. The number of aliphatic carboxylic acids is 1. The summed E-state index contributed by atoms with van der Waals surface area (Å²) in [5.74, 6) is 0.477. The molecule has 2 aromatic carbocycles. The summed E-state index contributed by atoms with van der Waals surface area (Å²) in [5, 5.41) is 8.60. The number of hydrogen-bond donors (Lipinski definition) is 2. The molecule has 2 aliphatic rings.